The van der Waals surface area contributed by atoms with Gasteiger partial charge in [-0.1, -0.05) is 18.2 Å². The van der Waals surface area contributed by atoms with Crippen LogP contribution >= 0.6 is 0 Å². The highest BCUT2D eigenvalue weighted by Gasteiger charge is 2.44. The van der Waals surface area contributed by atoms with E-state index in [9.17, 15) is 24.9 Å². The Morgan fingerprint density at radius 1 is 1.08 bits per heavy atom. The van der Waals surface area contributed by atoms with Crippen LogP contribution in [-0.4, -0.2) is 71.5 Å². The first-order chi connectivity index (χ1) is 11.4. The van der Waals surface area contributed by atoms with Gasteiger partial charge in [-0.2, -0.15) is 0 Å². The van der Waals surface area contributed by atoms with Crippen LogP contribution in [0.1, 0.15) is 27.6 Å². The number of ketones is 1. The number of hydrogen-bond acceptors (Lipinski definition) is 8. The van der Waals surface area contributed by atoms with Gasteiger partial charge in [0.1, 0.15) is 31.0 Å². The van der Waals surface area contributed by atoms with Gasteiger partial charge in [-0.3, -0.25) is 4.79 Å². The van der Waals surface area contributed by atoms with Crippen molar-refractivity contribution >= 4 is 11.8 Å². The number of aliphatic hydroxyl groups excluding tert-OH is 3. The summed E-state index contributed by atoms with van der Waals surface area (Å²) < 4.78 is 15.2. The minimum atomic E-state index is -1.50. The molecule has 1 fully saturated rings. The number of carbonyl (C=O) groups excluding carboxylic acids is 2. The third kappa shape index (κ3) is 3.80. The molecule has 1 aliphatic rings. The quantitative estimate of drug-likeness (QED) is 0.484. The molecule has 1 aliphatic heterocycles. The highest BCUT2D eigenvalue weighted by molar-refractivity contribution is 6.05. The fourth-order valence-electron chi connectivity index (χ4n) is 2.45. The number of benzene rings is 1. The summed E-state index contributed by atoms with van der Waals surface area (Å²) in [6.07, 6.45) is -6.62. The number of aliphatic hydroxyl groups is 3. The molecule has 5 atom stereocenters. The number of carbonyl (C=O) groups is 2. The molecule has 0 bridgehead atoms. The van der Waals surface area contributed by atoms with Crippen LogP contribution in [0.25, 0.3) is 0 Å². The summed E-state index contributed by atoms with van der Waals surface area (Å²) in [4.78, 5) is 23.7. The molecule has 2 rings (SSSR count). The van der Waals surface area contributed by atoms with Gasteiger partial charge in [0.05, 0.1) is 5.56 Å². The van der Waals surface area contributed by atoms with Gasteiger partial charge in [-0.25, -0.2) is 4.79 Å². The average molecular weight is 340 g/mol. The normalized spacial score (nSPS) is 30.0. The number of esters is 1. The summed E-state index contributed by atoms with van der Waals surface area (Å²) in [5.74, 6) is -1.04. The molecule has 1 aromatic rings. The number of rotatable bonds is 5. The number of ether oxygens (including phenoxy) is 3. The zero-order chi connectivity index (χ0) is 17.9. The highest BCUT2D eigenvalue weighted by atomic mass is 16.7. The van der Waals surface area contributed by atoms with E-state index in [1.54, 1.807) is 12.1 Å². The molecule has 1 aromatic carbocycles. The molecule has 8 heteroatoms. The van der Waals surface area contributed by atoms with Gasteiger partial charge in [0.25, 0.3) is 0 Å². The van der Waals surface area contributed by atoms with Crippen LogP contribution in [0.2, 0.25) is 0 Å². The van der Waals surface area contributed by atoms with Crippen LogP contribution in [0.4, 0.5) is 0 Å². The minimum absolute atomic E-state index is 0.0965. The van der Waals surface area contributed by atoms with Crippen molar-refractivity contribution in [1.29, 1.82) is 0 Å². The van der Waals surface area contributed by atoms with E-state index in [2.05, 4.69) is 0 Å². The number of methoxy groups -OCH3 is 1. The minimum Gasteiger partial charge on any atom is -0.459 e. The first-order valence-electron chi connectivity index (χ1n) is 7.36. The zero-order valence-electron chi connectivity index (χ0n) is 13.3. The molecular formula is C16H20O8. The highest BCUT2D eigenvalue weighted by Crippen LogP contribution is 2.22. The van der Waals surface area contributed by atoms with E-state index in [4.69, 9.17) is 14.2 Å². The topological polar surface area (TPSA) is 123 Å². The van der Waals surface area contributed by atoms with Crippen molar-refractivity contribution in [2.24, 2.45) is 0 Å². The molecule has 132 valence electrons. The Morgan fingerprint density at radius 2 is 1.71 bits per heavy atom. The first-order valence-corrected chi connectivity index (χ1v) is 7.36. The van der Waals surface area contributed by atoms with Crippen molar-refractivity contribution in [3.8, 4) is 0 Å². The summed E-state index contributed by atoms with van der Waals surface area (Å²) in [5.41, 5.74) is 0.317. The van der Waals surface area contributed by atoms with Crippen molar-refractivity contribution in [2.75, 3.05) is 13.7 Å². The summed E-state index contributed by atoms with van der Waals surface area (Å²) in [7, 11) is 1.27. The van der Waals surface area contributed by atoms with Crippen LogP contribution in [-0.2, 0) is 14.2 Å². The van der Waals surface area contributed by atoms with Gasteiger partial charge in [0.2, 0.25) is 0 Å². The molecule has 1 saturated heterocycles. The summed E-state index contributed by atoms with van der Waals surface area (Å²) in [5, 5.41) is 29.4. The van der Waals surface area contributed by atoms with E-state index in [0.717, 1.165) is 0 Å². The summed E-state index contributed by atoms with van der Waals surface area (Å²) >= 11 is 0. The average Bonchev–Trinajstić information content (AvgIpc) is 2.58. The third-order valence-corrected chi connectivity index (χ3v) is 3.81. The van der Waals surface area contributed by atoms with Crippen LogP contribution < -0.4 is 0 Å². The molecule has 0 saturated carbocycles. The van der Waals surface area contributed by atoms with Crippen LogP contribution in [0.5, 0.6) is 0 Å². The molecule has 0 aromatic heterocycles. The lowest BCUT2D eigenvalue weighted by atomic mass is 9.99. The van der Waals surface area contributed by atoms with Gasteiger partial charge in [-0.05, 0) is 13.0 Å². The second kappa shape index (κ2) is 7.82. The van der Waals surface area contributed by atoms with Gasteiger partial charge in [-0.15, -0.1) is 0 Å². The maximum Gasteiger partial charge on any atom is 0.338 e. The molecule has 24 heavy (non-hydrogen) atoms. The molecule has 0 spiro atoms. The van der Waals surface area contributed by atoms with Gasteiger partial charge < -0.3 is 29.5 Å². The second-order valence-electron chi connectivity index (χ2n) is 5.45. The summed E-state index contributed by atoms with van der Waals surface area (Å²) in [6.45, 7) is 0.955. The van der Waals surface area contributed by atoms with Crippen LogP contribution in [0.3, 0.4) is 0 Å². The Hall–Kier alpha value is -1.84. The number of Topliss-reactive ketones (excluding diaryl/α,β-unsaturated/α-hetero) is 1. The van der Waals surface area contributed by atoms with Crippen molar-refractivity contribution in [3.05, 3.63) is 35.4 Å². The predicted molar refractivity (Wildman–Crippen MR) is 80.4 cm³/mol. The van der Waals surface area contributed by atoms with Crippen molar-refractivity contribution < 1.29 is 39.1 Å². The molecule has 8 nitrogen and oxygen atoms in total. The fraction of sp³-hybridized carbons (Fsp3) is 0.500. The van der Waals surface area contributed by atoms with Gasteiger partial charge in [0.15, 0.2) is 12.1 Å². The van der Waals surface area contributed by atoms with Gasteiger partial charge >= 0.3 is 5.97 Å². The van der Waals surface area contributed by atoms with E-state index in [1.165, 1.54) is 26.2 Å². The smallest absolute Gasteiger partial charge is 0.338 e. The predicted octanol–water partition coefficient (Wildman–Crippen LogP) is -0.500. The van der Waals surface area contributed by atoms with E-state index in [-0.39, 0.29) is 23.5 Å². The molecule has 1 heterocycles. The Balaban J connectivity index is 2.05. The van der Waals surface area contributed by atoms with E-state index >= 15 is 0 Å². The van der Waals surface area contributed by atoms with Crippen LogP contribution in [0, 0.1) is 0 Å². The number of hydrogen-bond donors (Lipinski definition) is 3. The van der Waals surface area contributed by atoms with E-state index in [1.807, 2.05) is 0 Å². The monoisotopic (exact) mass is 340 g/mol. The van der Waals surface area contributed by atoms with Crippen molar-refractivity contribution in [1.82, 2.24) is 0 Å². The van der Waals surface area contributed by atoms with Crippen molar-refractivity contribution in [3.63, 3.8) is 0 Å². The second-order valence-corrected chi connectivity index (χ2v) is 5.45. The maximum atomic E-state index is 12.2. The lowest BCUT2D eigenvalue weighted by Gasteiger charge is -2.39. The lowest BCUT2D eigenvalue weighted by molar-refractivity contribution is -0.294. The lowest BCUT2D eigenvalue weighted by Crippen LogP contribution is -2.59. The van der Waals surface area contributed by atoms with E-state index in [0.29, 0.717) is 0 Å². The zero-order valence-corrected chi connectivity index (χ0v) is 13.3. The third-order valence-electron chi connectivity index (χ3n) is 3.81. The molecule has 0 amide bonds. The van der Waals surface area contributed by atoms with E-state index < -0.39 is 36.7 Å². The Labute approximate surface area is 138 Å². The molecular weight excluding hydrogens is 320 g/mol. The van der Waals surface area contributed by atoms with Crippen LogP contribution in [0.15, 0.2) is 24.3 Å². The molecule has 0 aliphatic carbocycles. The SMILES string of the molecule is CO[C@H]1O[C@H](COC(=O)c2ccccc2C(C)=O)[C@@H](O)[C@H](O)[C@H]1O. The largest absolute Gasteiger partial charge is 0.459 e. The Kier molecular flexibility index (Phi) is 6.03. The van der Waals surface area contributed by atoms with Gasteiger partial charge in [0, 0.05) is 12.7 Å². The summed E-state index contributed by atoms with van der Waals surface area (Å²) in [6, 6.07) is 6.18. The molecule has 0 unspecified atom stereocenters. The standard InChI is InChI=1S/C16H20O8/c1-8(17)9-5-3-4-6-10(9)15(21)23-7-11-12(18)13(19)14(20)16(22-2)24-11/h3-6,11-14,16,18-20H,7H2,1-2H3/t11-,12-,13+,14-,16+/m1/s1. The first kappa shape index (κ1) is 18.5. The molecule has 3 N–H and O–H groups in total. The van der Waals surface area contributed by atoms with Crippen molar-refractivity contribution in [2.45, 2.75) is 37.6 Å². The maximum absolute atomic E-state index is 12.2. The fourth-order valence-corrected chi connectivity index (χ4v) is 2.45. The molecule has 0 radical (unpaired) electrons. The Morgan fingerprint density at radius 3 is 2.29 bits per heavy atom. The Bertz CT molecular complexity index is 599.